The van der Waals surface area contributed by atoms with Gasteiger partial charge in [0, 0.05) is 13.0 Å². The third-order valence-corrected chi connectivity index (χ3v) is 3.73. The van der Waals surface area contributed by atoms with Gasteiger partial charge in [-0.15, -0.1) is 0 Å². The van der Waals surface area contributed by atoms with Gasteiger partial charge in [0.25, 0.3) is 0 Å². The van der Waals surface area contributed by atoms with Gasteiger partial charge >= 0.3 is 6.09 Å². The van der Waals surface area contributed by atoms with E-state index in [1.807, 2.05) is 30.3 Å². The molecule has 2 heterocycles. The van der Waals surface area contributed by atoms with Crippen molar-refractivity contribution in [3.05, 3.63) is 35.9 Å². The average molecular weight is 260 g/mol. The summed E-state index contributed by atoms with van der Waals surface area (Å²) in [7, 11) is 0. The zero-order valence-corrected chi connectivity index (χ0v) is 10.5. The Kier molecular flexibility index (Phi) is 3.11. The quantitative estimate of drug-likeness (QED) is 0.871. The molecule has 100 valence electrons. The molecular weight excluding hydrogens is 244 g/mol. The van der Waals surface area contributed by atoms with Crippen molar-refractivity contribution in [2.75, 3.05) is 6.54 Å². The lowest BCUT2D eigenvalue weighted by Crippen LogP contribution is -2.38. The number of rotatable bonds is 2. The number of ether oxygens (including phenoxy) is 1. The highest BCUT2D eigenvalue weighted by Gasteiger charge is 2.44. The Morgan fingerprint density at radius 2 is 2.16 bits per heavy atom. The molecule has 2 saturated heterocycles. The summed E-state index contributed by atoms with van der Waals surface area (Å²) in [5.41, 5.74) is 0.965. The van der Waals surface area contributed by atoms with Gasteiger partial charge in [-0.1, -0.05) is 30.3 Å². The molecule has 2 unspecified atom stereocenters. The van der Waals surface area contributed by atoms with Gasteiger partial charge in [0.1, 0.15) is 6.61 Å². The van der Waals surface area contributed by atoms with Gasteiger partial charge in [0.2, 0.25) is 5.91 Å². The van der Waals surface area contributed by atoms with Crippen molar-refractivity contribution < 1.29 is 14.3 Å². The van der Waals surface area contributed by atoms with Crippen LogP contribution >= 0.6 is 0 Å². The SMILES string of the molecule is O=C1CC2C(CCN2C(=O)OCc2ccccc2)N1. The molecule has 1 aromatic rings. The monoisotopic (exact) mass is 260 g/mol. The second-order valence-corrected chi connectivity index (χ2v) is 4.97. The highest BCUT2D eigenvalue weighted by molar-refractivity contribution is 5.81. The maximum atomic E-state index is 12.0. The van der Waals surface area contributed by atoms with Crippen molar-refractivity contribution in [1.82, 2.24) is 10.2 Å². The Bertz CT molecular complexity index is 489. The number of carbonyl (C=O) groups excluding carboxylic acids is 2. The van der Waals surface area contributed by atoms with Crippen LogP contribution in [0.25, 0.3) is 0 Å². The molecule has 5 heteroatoms. The van der Waals surface area contributed by atoms with Gasteiger partial charge in [-0.05, 0) is 12.0 Å². The number of hydrogen-bond acceptors (Lipinski definition) is 3. The highest BCUT2D eigenvalue weighted by Crippen LogP contribution is 2.26. The highest BCUT2D eigenvalue weighted by atomic mass is 16.6. The van der Waals surface area contributed by atoms with Crippen molar-refractivity contribution in [2.45, 2.75) is 31.5 Å². The fourth-order valence-corrected chi connectivity index (χ4v) is 2.76. The van der Waals surface area contributed by atoms with E-state index < -0.39 is 0 Å². The van der Waals surface area contributed by atoms with Crippen molar-refractivity contribution >= 4 is 12.0 Å². The predicted octanol–water partition coefficient (Wildman–Crippen LogP) is 1.29. The Morgan fingerprint density at radius 1 is 1.37 bits per heavy atom. The Labute approximate surface area is 111 Å². The molecule has 0 aliphatic carbocycles. The molecular formula is C14H16N2O3. The second-order valence-electron chi connectivity index (χ2n) is 4.97. The third kappa shape index (κ3) is 2.41. The minimum absolute atomic E-state index is 0.0237. The van der Waals surface area contributed by atoms with Crippen LogP contribution in [0.5, 0.6) is 0 Å². The van der Waals surface area contributed by atoms with Gasteiger partial charge in [0.05, 0.1) is 12.1 Å². The Hall–Kier alpha value is -2.04. The average Bonchev–Trinajstić information content (AvgIpc) is 2.96. The van der Waals surface area contributed by atoms with E-state index in [2.05, 4.69) is 5.32 Å². The first-order valence-electron chi connectivity index (χ1n) is 6.51. The lowest BCUT2D eigenvalue weighted by atomic mass is 10.1. The van der Waals surface area contributed by atoms with E-state index in [0.29, 0.717) is 13.0 Å². The molecule has 2 fully saturated rings. The van der Waals surface area contributed by atoms with Gasteiger partial charge in [-0.25, -0.2) is 4.79 Å². The minimum atomic E-state index is -0.326. The van der Waals surface area contributed by atoms with Crippen molar-refractivity contribution in [2.24, 2.45) is 0 Å². The predicted molar refractivity (Wildman–Crippen MR) is 68.3 cm³/mol. The number of hydrogen-bond donors (Lipinski definition) is 1. The molecule has 1 N–H and O–H groups in total. The molecule has 0 bridgehead atoms. The summed E-state index contributed by atoms with van der Waals surface area (Å²) < 4.78 is 5.30. The first kappa shape index (κ1) is 12.0. The number of fused-ring (bicyclic) bond motifs is 1. The van der Waals surface area contributed by atoms with E-state index >= 15 is 0 Å². The smallest absolute Gasteiger partial charge is 0.410 e. The molecule has 19 heavy (non-hydrogen) atoms. The lowest BCUT2D eigenvalue weighted by molar-refractivity contribution is -0.119. The molecule has 1 aromatic carbocycles. The molecule has 2 atom stereocenters. The van der Waals surface area contributed by atoms with Crippen LogP contribution in [0.4, 0.5) is 4.79 Å². The van der Waals surface area contributed by atoms with E-state index in [4.69, 9.17) is 4.74 Å². The van der Waals surface area contributed by atoms with Gasteiger partial charge in [-0.2, -0.15) is 0 Å². The van der Waals surface area contributed by atoms with Crippen LogP contribution in [0, 0.1) is 0 Å². The molecule has 0 spiro atoms. The first-order chi connectivity index (χ1) is 9.24. The summed E-state index contributed by atoms with van der Waals surface area (Å²) in [5, 5.41) is 2.89. The van der Waals surface area contributed by atoms with E-state index in [1.54, 1.807) is 4.90 Å². The molecule has 3 rings (SSSR count). The maximum Gasteiger partial charge on any atom is 0.410 e. The number of nitrogens with one attached hydrogen (secondary N) is 1. The van der Waals surface area contributed by atoms with Gasteiger partial charge < -0.3 is 15.0 Å². The van der Waals surface area contributed by atoms with Crippen LogP contribution in [0.3, 0.4) is 0 Å². The lowest BCUT2D eigenvalue weighted by Gasteiger charge is -2.21. The van der Waals surface area contributed by atoms with Crippen molar-refractivity contribution in [3.63, 3.8) is 0 Å². The summed E-state index contributed by atoms with van der Waals surface area (Å²) in [6, 6.07) is 9.66. The Balaban J connectivity index is 1.58. The van der Waals surface area contributed by atoms with Crippen LogP contribution in [-0.4, -0.2) is 35.5 Å². The minimum Gasteiger partial charge on any atom is -0.445 e. The number of carbonyl (C=O) groups is 2. The maximum absolute atomic E-state index is 12.0. The number of amides is 2. The van der Waals surface area contributed by atoms with Crippen LogP contribution in [0.1, 0.15) is 18.4 Å². The molecule has 0 radical (unpaired) electrons. The largest absolute Gasteiger partial charge is 0.445 e. The van der Waals surface area contributed by atoms with Crippen LogP contribution in [-0.2, 0) is 16.1 Å². The van der Waals surface area contributed by atoms with E-state index in [9.17, 15) is 9.59 Å². The zero-order valence-electron chi connectivity index (χ0n) is 10.5. The summed E-state index contributed by atoms with van der Waals surface area (Å²) in [5.74, 6) is 0.0237. The van der Waals surface area contributed by atoms with Gasteiger partial charge in [0.15, 0.2) is 0 Å². The number of likely N-dealkylation sites (tertiary alicyclic amines) is 1. The van der Waals surface area contributed by atoms with E-state index in [1.165, 1.54) is 0 Å². The summed E-state index contributed by atoms with van der Waals surface area (Å²) in [4.78, 5) is 25.0. The van der Waals surface area contributed by atoms with E-state index in [0.717, 1.165) is 12.0 Å². The van der Waals surface area contributed by atoms with E-state index in [-0.39, 0.29) is 30.7 Å². The summed E-state index contributed by atoms with van der Waals surface area (Å²) in [6.07, 6.45) is 0.884. The van der Waals surface area contributed by atoms with Gasteiger partial charge in [-0.3, -0.25) is 4.79 Å². The fourth-order valence-electron chi connectivity index (χ4n) is 2.76. The normalized spacial score (nSPS) is 25.1. The summed E-state index contributed by atoms with van der Waals surface area (Å²) in [6.45, 7) is 0.929. The second kappa shape index (κ2) is 4.91. The number of nitrogens with zero attached hydrogens (tertiary/aromatic N) is 1. The third-order valence-electron chi connectivity index (χ3n) is 3.73. The Morgan fingerprint density at radius 3 is 2.95 bits per heavy atom. The molecule has 2 aliphatic heterocycles. The number of benzene rings is 1. The fraction of sp³-hybridized carbons (Fsp3) is 0.429. The topological polar surface area (TPSA) is 58.6 Å². The molecule has 0 saturated carbocycles. The van der Waals surface area contributed by atoms with Crippen LogP contribution < -0.4 is 5.32 Å². The van der Waals surface area contributed by atoms with Crippen LogP contribution in [0.15, 0.2) is 30.3 Å². The molecule has 2 amide bonds. The molecule has 2 aliphatic rings. The standard InChI is InChI=1S/C14H16N2O3/c17-13-8-12-11(15-13)6-7-16(12)14(18)19-9-10-4-2-1-3-5-10/h1-5,11-12H,6-9H2,(H,15,17). The van der Waals surface area contributed by atoms with Crippen LogP contribution in [0.2, 0.25) is 0 Å². The van der Waals surface area contributed by atoms with Crippen molar-refractivity contribution in [3.8, 4) is 0 Å². The zero-order chi connectivity index (χ0) is 13.2. The molecule has 0 aromatic heterocycles. The summed E-state index contributed by atoms with van der Waals surface area (Å²) >= 11 is 0. The van der Waals surface area contributed by atoms with Crippen molar-refractivity contribution in [1.29, 1.82) is 0 Å². The molecule has 5 nitrogen and oxygen atoms in total. The first-order valence-corrected chi connectivity index (χ1v) is 6.51.